The third-order valence-corrected chi connectivity index (χ3v) is 5.52. The predicted molar refractivity (Wildman–Crippen MR) is 98.7 cm³/mol. The molecule has 0 N–H and O–H groups in total. The molecular weight excluding hydrogens is 395 g/mol. The number of anilines is 1. The van der Waals surface area contributed by atoms with Gasteiger partial charge in [-0.2, -0.15) is 21.6 Å². The second-order valence-corrected chi connectivity index (χ2v) is 8.08. The third-order valence-electron chi connectivity index (χ3n) is 4.40. The van der Waals surface area contributed by atoms with Crippen LogP contribution < -0.4 is 9.08 Å². The lowest BCUT2D eigenvalue weighted by molar-refractivity contribution is -0.137. The van der Waals surface area contributed by atoms with Crippen molar-refractivity contribution in [2.45, 2.75) is 6.18 Å². The van der Waals surface area contributed by atoms with Gasteiger partial charge in [-0.1, -0.05) is 18.2 Å². The highest BCUT2D eigenvalue weighted by Gasteiger charge is 2.31. The number of pyridine rings is 1. The van der Waals surface area contributed by atoms with Crippen molar-refractivity contribution in [2.75, 3.05) is 43.4 Å². The van der Waals surface area contributed by atoms with Gasteiger partial charge in [0.15, 0.2) is 0 Å². The number of rotatable bonds is 6. The van der Waals surface area contributed by atoms with E-state index in [4.69, 9.17) is 4.18 Å². The smallest absolute Gasteiger partial charge is 0.382 e. The van der Waals surface area contributed by atoms with Crippen molar-refractivity contribution in [2.24, 2.45) is 0 Å². The molecule has 2 heterocycles. The molecule has 3 rings (SSSR count). The number of hydrogen-bond donors (Lipinski definition) is 0. The van der Waals surface area contributed by atoms with Gasteiger partial charge in [-0.15, -0.1) is 0 Å². The van der Waals surface area contributed by atoms with Crippen LogP contribution in [0, 0.1) is 0 Å². The second-order valence-electron chi connectivity index (χ2n) is 6.39. The molecule has 1 saturated heterocycles. The summed E-state index contributed by atoms with van der Waals surface area (Å²) in [6.07, 6.45) is -3.58. The Morgan fingerprint density at radius 2 is 1.68 bits per heavy atom. The maximum Gasteiger partial charge on any atom is 0.417 e. The van der Waals surface area contributed by atoms with Gasteiger partial charge >= 0.3 is 16.3 Å². The zero-order chi connectivity index (χ0) is 20.2. The average Bonchev–Trinajstić information content (AvgIpc) is 2.67. The second kappa shape index (κ2) is 8.36. The van der Waals surface area contributed by atoms with Crippen LogP contribution in [0.1, 0.15) is 5.56 Å². The summed E-state index contributed by atoms with van der Waals surface area (Å²) in [7, 11) is -3.69. The van der Waals surface area contributed by atoms with Gasteiger partial charge in [-0.25, -0.2) is 4.98 Å². The highest BCUT2D eigenvalue weighted by atomic mass is 32.2. The Morgan fingerprint density at radius 3 is 2.25 bits per heavy atom. The number of benzene rings is 1. The van der Waals surface area contributed by atoms with E-state index in [1.807, 2.05) is 9.80 Å². The molecule has 1 aromatic heterocycles. The fourth-order valence-corrected chi connectivity index (χ4v) is 3.82. The highest BCUT2D eigenvalue weighted by molar-refractivity contribution is 7.87. The molecule has 0 radical (unpaired) electrons. The SMILES string of the molecule is O=S(=O)(CCN1CCN(c2ccc(C(F)(F)F)cn2)CC1)Oc1ccccc1. The molecule has 0 aliphatic carbocycles. The first kappa shape index (κ1) is 20.4. The van der Waals surface area contributed by atoms with Crippen LogP contribution in [0.3, 0.4) is 0 Å². The number of halogens is 3. The number of para-hydroxylation sites is 1. The maximum absolute atomic E-state index is 12.6. The van der Waals surface area contributed by atoms with Gasteiger partial charge in [0.25, 0.3) is 0 Å². The summed E-state index contributed by atoms with van der Waals surface area (Å²) >= 11 is 0. The molecule has 28 heavy (non-hydrogen) atoms. The first-order valence-electron chi connectivity index (χ1n) is 8.71. The molecular formula is C18H20F3N3O3S. The minimum atomic E-state index is -4.41. The molecule has 1 fully saturated rings. The Bertz CT molecular complexity index is 866. The Labute approximate surface area is 161 Å². The van der Waals surface area contributed by atoms with Crippen molar-refractivity contribution in [1.82, 2.24) is 9.88 Å². The number of hydrogen-bond acceptors (Lipinski definition) is 6. The topological polar surface area (TPSA) is 62.7 Å². The average molecular weight is 415 g/mol. The van der Waals surface area contributed by atoms with Crippen LogP contribution >= 0.6 is 0 Å². The molecule has 152 valence electrons. The molecule has 10 heteroatoms. The number of nitrogens with zero attached hydrogens (tertiary/aromatic N) is 3. The van der Waals surface area contributed by atoms with Gasteiger partial charge < -0.3 is 9.08 Å². The van der Waals surface area contributed by atoms with Gasteiger partial charge in [0, 0.05) is 38.9 Å². The van der Waals surface area contributed by atoms with Gasteiger partial charge in [-0.05, 0) is 24.3 Å². The summed E-state index contributed by atoms with van der Waals surface area (Å²) in [5.74, 6) is 0.619. The van der Waals surface area contributed by atoms with E-state index in [1.165, 1.54) is 6.07 Å². The molecule has 0 amide bonds. The fraction of sp³-hybridized carbons (Fsp3) is 0.389. The lowest BCUT2D eigenvalue weighted by Gasteiger charge is -2.35. The molecule has 0 atom stereocenters. The van der Waals surface area contributed by atoms with E-state index in [1.54, 1.807) is 30.3 Å². The van der Waals surface area contributed by atoms with Crippen LogP contribution in [0.4, 0.5) is 19.0 Å². The normalized spacial score (nSPS) is 16.2. The first-order chi connectivity index (χ1) is 13.2. The summed E-state index contributed by atoms with van der Waals surface area (Å²) in [6, 6.07) is 10.7. The summed E-state index contributed by atoms with van der Waals surface area (Å²) in [6.45, 7) is 2.60. The lowest BCUT2D eigenvalue weighted by Crippen LogP contribution is -2.48. The van der Waals surface area contributed by atoms with E-state index < -0.39 is 21.9 Å². The van der Waals surface area contributed by atoms with E-state index in [0.29, 0.717) is 38.5 Å². The molecule has 0 saturated carbocycles. The monoisotopic (exact) mass is 415 g/mol. The van der Waals surface area contributed by atoms with Crippen molar-refractivity contribution in [1.29, 1.82) is 0 Å². The van der Waals surface area contributed by atoms with Crippen LogP contribution in [0.15, 0.2) is 48.7 Å². The Kier molecular flexibility index (Phi) is 6.09. The largest absolute Gasteiger partial charge is 0.417 e. The highest BCUT2D eigenvalue weighted by Crippen LogP contribution is 2.29. The first-order valence-corrected chi connectivity index (χ1v) is 10.3. The third kappa shape index (κ3) is 5.59. The van der Waals surface area contributed by atoms with Crippen molar-refractivity contribution < 1.29 is 25.8 Å². The Morgan fingerprint density at radius 1 is 1.00 bits per heavy atom. The van der Waals surface area contributed by atoms with Crippen LogP contribution in [0.25, 0.3) is 0 Å². The van der Waals surface area contributed by atoms with Crippen LogP contribution in [0.5, 0.6) is 5.75 Å². The van der Waals surface area contributed by atoms with E-state index >= 15 is 0 Å². The number of piperazine rings is 1. The molecule has 1 aromatic carbocycles. The Hall–Kier alpha value is -2.33. The molecule has 2 aromatic rings. The summed E-state index contributed by atoms with van der Waals surface area (Å²) in [4.78, 5) is 7.76. The van der Waals surface area contributed by atoms with Crippen LogP contribution in [0.2, 0.25) is 0 Å². The van der Waals surface area contributed by atoms with Crippen LogP contribution in [-0.4, -0.2) is 56.8 Å². The standard InChI is InChI=1S/C18H20F3N3O3S/c19-18(20,21)15-6-7-17(22-14-15)24-10-8-23(9-11-24)12-13-28(25,26)27-16-4-2-1-3-5-16/h1-7,14H,8-13H2. The molecule has 0 spiro atoms. The van der Waals surface area contributed by atoms with E-state index in [0.717, 1.165) is 12.3 Å². The van der Waals surface area contributed by atoms with Crippen LogP contribution in [-0.2, 0) is 16.3 Å². The maximum atomic E-state index is 12.6. The quantitative estimate of drug-likeness (QED) is 0.676. The van der Waals surface area contributed by atoms with Crippen molar-refractivity contribution in [3.05, 3.63) is 54.2 Å². The Balaban J connectivity index is 1.47. The minimum Gasteiger partial charge on any atom is -0.382 e. The number of aromatic nitrogens is 1. The van der Waals surface area contributed by atoms with Crippen molar-refractivity contribution >= 4 is 15.9 Å². The lowest BCUT2D eigenvalue weighted by atomic mass is 10.2. The van der Waals surface area contributed by atoms with Crippen molar-refractivity contribution in [3.8, 4) is 5.75 Å². The van der Waals surface area contributed by atoms with Gasteiger partial charge in [0.2, 0.25) is 0 Å². The zero-order valence-corrected chi connectivity index (χ0v) is 15.8. The molecule has 6 nitrogen and oxygen atoms in total. The predicted octanol–water partition coefficient (Wildman–Crippen LogP) is 2.63. The van der Waals surface area contributed by atoms with Crippen molar-refractivity contribution in [3.63, 3.8) is 0 Å². The van der Waals surface area contributed by atoms with E-state index in [9.17, 15) is 21.6 Å². The van der Waals surface area contributed by atoms with E-state index in [2.05, 4.69) is 4.98 Å². The summed E-state index contributed by atoms with van der Waals surface area (Å²) in [5, 5.41) is 0. The van der Waals surface area contributed by atoms with Gasteiger partial charge in [-0.3, -0.25) is 4.90 Å². The number of alkyl halides is 3. The molecule has 1 aliphatic rings. The van der Waals surface area contributed by atoms with Gasteiger partial charge in [0.05, 0.1) is 11.3 Å². The fourth-order valence-electron chi connectivity index (χ4n) is 2.85. The minimum absolute atomic E-state index is 0.138. The summed E-state index contributed by atoms with van der Waals surface area (Å²) in [5.41, 5.74) is -0.779. The van der Waals surface area contributed by atoms with E-state index in [-0.39, 0.29) is 11.5 Å². The molecule has 1 aliphatic heterocycles. The zero-order valence-electron chi connectivity index (χ0n) is 15.0. The summed E-state index contributed by atoms with van der Waals surface area (Å²) < 4.78 is 67.1. The molecule has 0 unspecified atom stereocenters. The molecule has 0 bridgehead atoms. The van der Waals surface area contributed by atoms with Gasteiger partial charge in [0.1, 0.15) is 11.6 Å².